The van der Waals surface area contributed by atoms with Crippen molar-refractivity contribution in [1.82, 2.24) is 14.8 Å². The minimum Gasteiger partial charge on any atom is -0.393 e. The smallest absolute Gasteiger partial charge is 0.218 e. The zero-order valence-electron chi connectivity index (χ0n) is 19.1. The SMILES string of the molecule is CC12Cc3cnn(-c4ccccn4)c3C=C1CC[C@@H]1[C@@H]2[C@@H](O)CC2(C)[C@H]1CC[C@]2(O)C(=O)S. The fraction of sp³-hybridized carbons (Fsp3) is 0.577. The molecule has 2 N–H and O–H groups in total. The van der Waals surface area contributed by atoms with Gasteiger partial charge in [-0.15, -0.1) is 12.6 Å². The van der Waals surface area contributed by atoms with Gasteiger partial charge < -0.3 is 10.2 Å². The lowest BCUT2D eigenvalue weighted by Gasteiger charge is -2.60. The van der Waals surface area contributed by atoms with E-state index in [1.54, 1.807) is 6.20 Å². The Kier molecular flexibility index (Phi) is 4.59. The van der Waals surface area contributed by atoms with E-state index >= 15 is 0 Å². The number of aliphatic hydroxyl groups is 2. The van der Waals surface area contributed by atoms with Crippen LogP contribution in [0.15, 0.2) is 36.2 Å². The molecule has 2 aromatic heterocycles. The second kappa shape index (κ2) is 7.03. The average Bonchev–Trinajstić information content (AvgIpc) is 3.30. The quantitative estimate of drug-likeness (QED) is 0.590. The molecule has 4 aliphatic carbocycles. The Morgan fingerprint density at radius 3 is 2.82 bits per heavy atom. The molecule has 2 heterocycles. The number of nitrogens with zero attached hydrogens (tertiary/aromatic N) is 3. The lowest BCUT2D eigenvalue weighted by Crippen LogP contribution is -2.61. The average molecular weight is 466 g/mol. The third kappa shape index (κ3) is 2.73. The molecule has 3 saturated carbocycles. The van der Waals surface area contributed by atoms with Gasteiger partial charge in [0.25, 0.3) is 0 Å². The molecule has 2 aromatic rings. The Balaban J connectivity index is 1.39. The summed E-state index contributed by atoms with van der Waals surface area (Å²) in [6.45, 7) is 4.30. The number of hydrogen-bond acceptors (Lipinski definition) is 5. The number of fused-ring (bicyclic) bond motifs is 6. The van der Waals surface area contributed by atoms with Crippen LogP contribution in [0.4, 0.5) is 0 Å². The molecule has 0 spiro atoms. The van der Waals surface area contributed by atoms with E-state index in [0.717, 1.165) is 37.2 Å². The van der Waals surface area contributed by atoms with Gasteiger partial charge in [0.1, 0.15) is 5.60 Å². The lowest BCUT2D eigenvalue weighted by atomic mass is 9.45. The van der Waals surface area contributed by atoms with Crippen molar-refractivity contribution in [1.29, 1.82) is 0 Å². The maximum Gasteiger partial charge on any atom is 0.218 e. The molecule has 4 aliphatic rings. The molecule has 3 fully saturated rings. The largest absolute Gasteiger partial charge is 0.393 e. The first-order chi connectivity index (χ1) is 15.7. The molecular weight excluding hydrogens is 434 g/mol. The van der Waals surface area contributed by atoms with Gasteiger partial charge in [-0.2, -0.15) is 5.10 Å². The number of carbonyl (C=O) groups is 1. The summed E-state index contributed by atoms with van der Waals surface area (Å²) in [6, 6.07) is 5.83. The molecule has 2 unspecified atom stereocenters. The van der Waals surface area contributed by atoms with Crippen molar-refractivity contribution < 1.29 is 15.0 Å². The number of aliphatic hydroxyl groups excluding tert-OH is 1. The van der Waals surface area contributed by atoms with Gasteiger partial charge in [0.2, 0.25) is 5.12 Å². The highest BCUT2D eigenvalue weighted by atomic mass is 32.1. The van der Waals surface area contributed by atoms with Gasteiger partial charge in [-0.25, -0.2) is 9.67 Å². The van der Waals surface area contributed by atoms with Gasteiger partial charge in [0.05, 0.1) is 18.0 Å². The second-order valence-corrected chi connectivity index (χ2v) is 11.6. The Bertz CT molecular complexity index is 1160. The molecule has 0 aromatic carbocycles. The Hall–Kier alpha value is -1.96. The minimum atomic E-state index is -1.45. The van der Waals surface area contributed by atoms with Crippen LogP contribution in [0.5, 0.6) is 0 Å². The van der Waals surface area contributed by atoms with Crippen LogP contribution >= 0.6 is 12.6 Å². The van der Waals surface area contributed by atoms with Gasteiger partial charge in [0.15, 0.2) is 5.82 Å². The molecule has 7 atom stereocenters. The van der Waals surface area contributed by atoms with Crippen LogP contribution in [0.2, 0.25) is 0 Å². The molecule has 33 heavy (non-hydrogen) atoms. The number of allylic oxidation sites excluding steroid dienone is 1. The van der Waals surface area contributed by atoms with E-state index in [9.17, 15) is 15.0 Å². The van der Waals surface area contributed by atoms with Crippen molar-refractivity contribution in [2.75, 3.05) is 0 Å². The highest BCUT2D eigenvalue weighted by Crippen LogP contribution is 2.67. The summed E-state index contributed by atoms with van der Waals surface area (Å²) < 4.78 is 1.91. The van der Waals surface area contributed by atoms with Gasteiger partial charge in [-0.3, -0.25) is 4.79 Å². The first-order valence-corrected chi connectivity index (χ1v) is 12.5. The Labute approximate surface area is 199 Å². The first-order valence-electron chi connectivity index (χ1n) is 12.0. The van der Waals surface area contributed by atoms with Crippen molar-refractivity contribution in [3.8, 4) is 5.82 Å². The molecule has 6 rings (SSSR count). The van der Waals surface area contributed by atoms with E-state index in [2.05, 4.69) is 35.7 Å². The highest BCUT2D eigenvalue weighted by Gasteiger charge is 2.68. The first kappa shape index (κ1) is 21.6. The van der Waals surface area contributed by atoms with Crippen LogP contribution in [0.1, 0.15) is 57.2 Å². The summed E-state index contributed by atoms with van der Waals surface area (Å²) in [5.74, 6) is 1.39. The van der Waals surface area contributed by atoms with Crippen molar-refractivity contribution in [2.45, 2.75) is 64.1 Å². The van der Waals surface area contributed by atoms with E-state index in [1.807, 2.05) is 36.0 Å². The molecule has 0 radical (unpaired) electrons. The van der Waals surface area contributed by atoms with Crippen LogP contribution < -0.4 is 0 Å². The number of rotatable bonds is 2. The second-order valence-electron chi connectivity index (χ2n) is 11.1. The predicted molar refractivity (Wildman–Crippen MR) is 128 cm³/mol. The molecule has 0 amide bonds. The van der Waals surface area contributed by atoms with Gasteiger partial charge in [-0.05, 0) is 85.5 Å². The zero-order valence-corrected chi connectivity index (χ0v) is 20.0. The lowest BCUT2D eigenvalue weighted by molar-refractivity contribution is -0.173. The third-order valence-corrected chi connectivity index (χ3v) is 10.2. The molecular formula is C26H31N3O3S. The number of aromatic nitrogens is 3. The zero-order chi connectivity index (χ0) is 23.2. The van der Waals surface area contributed by atoms with Crippen molar-refractivity contribution in [2.24, 2.45) is 28.6 Å². The van der Waals surface area contributed by atoms with Crippen molar-refractivity contribution in [3.05, 3.63) is 47.4 Å². The van der Waals surface area contributed by atoms with Gasteiger partial charge in [0, 0.05) is 11.6 Å². The molecule has 0 aliphatic heterocycles. The standard InChI is InChI=1S/C26H31N3O3S/c1-24-12-15-14-28-29(21-5-3-4-10-27-21)19(15)11-16(24)6-7-17-18-8-9-26(32,23(31)33)25(18,2)13-20(30)22(17)24/h3-5,10-11,14,17-18,20,22,30,32H,6-9,12-13H2,1-2H3,(H,31,33)/t17-,18-,20-,22+,24?,25?,26-/m0/s1. The van der Waals surface area contributed by atoms with Crippen LogP contribution in [0.3, 0.4) is 0 Å². The number of pyridine rings is 1. The maximum absolute atomic E-state index is 12.4. The summed E-state index contributed by atoms with van der Waals surface area (Å²) in [5, 5.41) is 27.1. The summed E-state index contributed by atoms with van der Waals surface area (Å²) >= 11 is 4.06. The number of thiol groups is 1. The minimum absolute atomic E-state index is 0.0966. The van der Waals surface area contributed by atoms with Crippen molar-refractivity contribution >= 4 is 23.8 Å². The molecule has 174 valence electrons. The van der Waals surface area contributed by atoms with Crippen LogP contribution in [-0.4, -0.2) is 41.8 Å². The van der Waals surface area contributed by atoms with E-state index < -0.39 is 22.2 Å². The molecule has 0 bridgehead atoms. The maximum atomic E-state index is 12.4. The summed E-state index contributed by atoms with van der Waals surface area (Å²) in [7, 11) is 0. The number of carbonyl (C=O) groups excluding carboxylic acids is 1. The van der Waals surface area contributed by atoms with E-state index in [4.69, 9.17) is 0 Å². The Morgan fingerprint density at radius 2 is 2.09 bits per heavy atom. The monoisotopic (exact) mass is 465 g/mol. The van der Waals surface area contributed by atoms with Crippen LogP contribution in [0, 0.1) is 28.6 Å². The highest BCUT2D eigenvalue weighted by molar-refractivity contribution is 7.96. The van der Waals surface area contributed by atoms with E-state index in [0.29, 0.717) is 12.8 Å². The fourth-order valence-corrected chi connectivity index (χ4v) is 8.57. The van der Waals surface area contributed by atoms with Gasteiger partial charge in [-0.1, -0.05) is 25.5 Å². The summed E-state index contributed by atoms with van der Waals surface area (Å²) in [5.41, 5.74) is 1.39. The topological polar surface area (TPSA) is 88.2 Å². The molecule has 7 heteroatoms. The summed E-state index contributed by atoms with van der Waals surface area (Å²) in [6.07, 6.45) is 9.86. The Morgan fingerprint density at radius 1 is 1.27 bits per heavy atom. The predicted octanol–water partition coefficient (Wildman–Crippen LogP) is 3.61. The number of hydrogen-bond donors (Lipinski definition) is 3. The summed E-state index contributed by atoms with van der Waals surface area (Å²) in [4.78, 5) is 16.8. The van der Waals surface area contributed by atoms with Crippen LogP contribution in [-0.2, 0) is 11.2 Å². The molecule has 0 saturated heterocycles. The third-order valence-electron chi connectivity index (χ3n) is 9.80. The van der Waals surface area contributed by atoms with Crippen LogP contribution in [0.25, 0.3) is 11.9 Å². The normalized spacial score (nSPS) is 41.4. The fourth-order valence-electron chi connectivity index (χ4n) is 8.20. The van der Waals surface area contributed by atoms with Crippen molar-refractivity contribution in [3.63, 3.8) is 0 Å². The van der Waals surface area contributed by atoms with Gasteiger partial charge >= 0.3 is 0 Å². The van der Waals surface area contributed by atoms with E-state index in [-0.39, 0.29) is 23.2 Å². The van der Waals surface area contributed by atoms with E-state index in [1.165, 1.54) is 11.1 Å². The molecule has 6 nitrogen and oxygen atoms in total.